The Morgan fingerprint density at radius 2 is 2.14 bits per heavy atom. The highest BCUT2D eigenvalue weighted by molar-refractivity contribution is 9.10. The van der Waals surface area contributed by atoms with Crippen LogP contribution >= 0.6 is 15.9 Å². The highest BCUT2D eigenvalue weighted by atomic mass is 79.9. The Labute approximate surface area is 92.3 Å². The number of rotatable bonds is 2. The van der Waals surface area contributed by atoms with Crippen LogP contribution in [0, 0.1) is 25.2 Å². The Balaban J connectivity index is 3.14. The lowest BCUT2D eigenvalue weighted by Crippen LogP contribution is -1.92. The van der Waals surface area contributed by atoms with Crippen molar-refractivity contribution in [2.24, 2.45) is 0 Å². The fourth-order valence-electron chi connectivity index (χ4n) is 1.39. The van der Waals surface area contributed by atoms with Crippen molar-refractivity contribution in [2.75, 3.05) is 0 Å². The summed E-state index contributed by atoms with van der Waals surface area (Å²) in [6.45, 7) is 3.80. The van der Waals surface area contributed by atoms with Crippen LogP contribution in [-0.4, -0.2) is 5.11 Å². The predicted octanol–water partition coefficient (Wildman–Crippen LogP) is 3.23. The van der Waals surface area contributed by atoms with Gasteiger partial charge in [0, 0.05) is 6.42 Å². The third-order valence-electron chi connectivity index (χ3n) is 2.29. The van der Waals surface area contributed by atoms with Gasteiger partial charge in [-0.05, 0) is 52.9 Å². The number of nitrogens with zero attached hydrogens (tertiary/aromatic N) is 1. The maximum Gasteiger partial charge on any atom is 0.133 e. The van der Waals surface area contributed by atoms with Crippen LogP contribution in [0.5, 0.6) is 5.75 Å². The summed E-state index contributed by atoms with van der Waals surface area (Å²) < 4.78 is 0.746. The molecule has 2 nitrogen and oxygen atoms in total. The number of hydrogen-bond donors (Lipinski definition) is 1. The SMILES string of the molecule is Cc1cc(CCC#N)c(C)c(O)c1Br. The average Bonchev–Trinajstić information content (AvgIpc) is 2.18. The van der Waals surface area contributed by atoms with Crippen LogP contribution in [0.25, 0.3) is 0 Å². The molecular formula is C11H12BrNO. The first-order chi connectivity index (χ1) is 6.57. The maximum atomic E-state index is 9.74. The smallest absolute Gasteiger partial charge is 0.133 e. The summed E-state index contributed by atoms with van der Waals surface area (Å²) in [5, 5.41) is 18.2. The molecule has 0 radical (unpaired) electrons. The summed E-state index contributed by atoms with van der Waals surface area (Å²) in [6, 6.07) is 4.11. The number of benzene rings is 1. The number of phenolic OH excluding ortho intramolecular Hbond substituents is 1. The van der Waals surface area contributed by atoms with Crippen LogP contribution in [0.15, 0.2) is 10.5 Å². The molecule has 74 valence electrons. The molecule has 0 aliphatic carbocycles. The second-order valence-electron chi connectivity index (χ2n) is 3.30. The molecule has 0 aliphatic heterocycles. The van der Waals surface area contributed by atoms with Crippen molar-refractivity contribution in [3.8, 4) is 11.8 Å². The van der Waals surface area contributed by atoms with Crippen molar-refractivity contribution in [3.05, 3.63) is 27.2 Å². The fourth-order valence-corrected chi connectivity index (χ4v) is 1.80. The summed E-state index contributed by atoms with van der Waals surface area (Å²) in [7, 11) is 0. The molecule has 0 atom stereocenters. The molecule has 0 spiro atoms. The second-order valence-corrected chi connectivity index (χ2v) is 4.09. The van der Waals surface area contributed by atoms with E-state index in [1.165, 1.54) is 0 Å². The zero-order chi connectivity index (χ0) is 10.7. The van der Waals surface area contributed by atoms with Crippen LogP contribution in [0.3, 0.4) is 0 Å². The van der Waals surface area contributed by atoms with Gasteiger partial charge >= 0.3 is 0 Å². The molecule has 0 aliphatic rings. The second kappa shape index (κ2) is 4.47. The topological polar surface area (TPSA) is 44.0 Å². The number of phenols is 1. The highest BCUT2D eigenvalue weighted by Crippen LogP contribution is 2.33. The number of aromatic hydroxyl groups is 1. The minimum atomic E-state index is 0.290. The van der Waals surface area contributed by atoms with Gasteiger partial charge in [-0.15, -0.1) is 0 Å². The lowest BCUT2D eigenvalue weighted by molar-refractivity contribution is 0.466. The molecule has 1 aromatic carbocycles. The van der Waals surface area contributed by atoms with Crippen LogP contribution in [-0.2, 0) is 6.42 Å². The Morgan fingerprint density at radius 3 is 2.71 bits per heavy atom. The Hall–Kier alpha value is -1.01. The zero-order valence-corrected chi connectivity index (χ0v) is 9.85. The van der Waals surface area contributed by atoms with Crippen molar-refractivity contribution < 1.29 is 5.11 Å². The van der Waals surface area contributed by atoms with E-state index in [4.69, 9.17) is 5.26 Å². The molecule has 0 saturated carbocycles. The molecule has 0 fully saturated rings. The van der Waals surface area contributed by atoms with E-state index in [1.54, 1.807) is 0 Å². The Morgan fingerprint density at radius 1 is 1.50 bits per heavy atom. The number of aryl methyl sites for hydroxylation is 2. The van der Waals surface area contributed by atoms with Gasteiger partial charge in [-0.25, -0.2) is 0 Å². The van der Waals surface area contributed by atoms with Gasteiger partial charge in [0.2, 0.25) is 0 Å². The summed E-state index contributed by atoms with van der Waals surface area (Å²) in [4.78, 5) is 0. The van der Waals surface area contributed by atoms with Gasteiger partial charge in [0.05, 0.1) is 10.5 Å². The van der Waals surface area contributed by atoms with E-state index >= 15 is 0 Å². The van der Waals surface area contributed by atoms with Gasteiger partial charge in [-0.1, -0.05) is 6.07 Å². The van der Waals surface area contributed by atoms with Gasteiger partial charge < -0.3 is 5.11 Å². The van der Waals surface area contributed by atoms with Gasteiger partial charge in [-0.3, -0.25) is 0 Å². The first kappa shape index (κ1) is 11.1. The summed E-state index contributed by atoms with van der Waals surface area (Å²) in [5.41, 5.74) is 2.91. The van der Waals surface area contributed by atoms with E-state index in [9.17, 15) is 5.11 Å². The third kappa shape index (κ3) is 2.08. The zero-order valence-electron chi connectivity index (χ0n) is 8.26. The highest BCUT2D eigenvalue weighted by Gasteiger charge is 2.09. The third-order valence-corrected chi connectivity index (χ3v) is 3.29. The predicted molar refractivity (Wildman–Crippen MR) is 59.2 cm³/mol. The molecule has 1 rings (SSSR count). The monoisotopic (exact) mass is 253 g/mol. The lowest BCUT2D eigenvalue weighted by Gasteiger charge is -2.10. The average molecular weight is 254 g/mol. The van der Waals surface area contributed by atoms with Crippen LogP contribution < -0.4 is 0 Å². The summed E-state index contributed by atoms with van der Waals surface area (Å²) in [5.74, 6) is 0.290. The van der Waals surface area contributed by atoms with E-state index in [2.05, 4.69) is 22.0 Å². The van der Waals surface area contributed by atoms with Crippen LogP contribution in [0.4, 0.5) is 0 Å². The first-order valence-corrected chi connectivity index (χ1v) is 5.21. The molecule has 3 heteroatoms. The fraction of sp³-hybridized carbons (Fsp3) is 0.364. The molecule has 0 bridgehead atoms. The van der Waals surface area contributed by atoms with E-state index < -0.39 is 0 Å². The quantitative estimate of drug-likeness (QED) is 0.880. The molecular weight excluding hydrogens is 242 g/mol. The molecule has 1 N–H and O–H groups in total. The Kier molecular flexibility index (Phi) is 3.54. The van der Waals surface area contributed by atoms with Crippen molar-refractivity contribution >= 4 is 15.9 Å². The van der Waals surface area contributed by atoms with E-state index in [0.717, 1.165) is 21.2 Å². The van der Waals surface area contributed by atoms with Crippen molar-refractivity contribution in [2.45, 2.75) is 26.7 Å². The van der Waals surface area contributed by atoms with Gasteiger partial charge in [-0.2, -0.15) is 5.26 Å². The summed E-state index contributed by atoms with van der Waals surface area (Å²) >= 11 is 3.32. The molecule has 0 heterocycles. The molecule has 0 unspecified atom stereocenters. The van der Waals surface area contributed by atoms with Gasteiger partial charge in [0.25, 0.3) is 0 Å². The molecule has 14 heavy (non-hydrogen) atoms. The van der Waals surface area contributed by atoms with E-state index in [-0.39, 0.29) is 5.75 Å². The van der Waals surface area contributed by atoms with Crippen LogP contribution in [0.2, 0.25) is 0 Å². The van der Waals surface area contributed by atoms with Gasteiger partial charge in [0.15, 0.2) is 0 Å². The number of hydrogen-bond acceptors (Lipinski definition) is 2. The van der Waals surface area contributed by atoms with E-state index in [0.29, 0.717) is 12.8 Å². The van der Waals surface area contributed by atoms with Gasteiger partial charge in [0.1, 0.15) is 5.75 Å². The molecule has 0 aromatic heterocycles. The normalized spacial score (nSPS) is 9.86. The lowest BCUT2D eigenvalue weighted by atomic mass is 10.0. The number of nitriles is 1. The van der Waals surface area contributed by atoms with E-state index in [1.807, 2.05) is 19.9 Å². The largest absolute Gasteiger partial charge is 0.506 e. The number of halogens is 1. The van der Waals surface area contributed by atoms with Crippen molar-refractivity contribution in [1.82, 2.24) is 0 Å². The summed E-state index contributed by atoms with van der Waals surface area (Å²) in [6.07, 6.45) is 1.19. The molecule has 0 saturated heterocycles. The minimum Gasteiger partial charge on any atom is -0.506 e. The molecule has 0 amide bonds. The Bertz CT molecular complexity index is 393. The first-order valence-electron chi connectivity index (χ1n) is 4.42. The standard InChI is InChI=1S/C11H12BrNO/c1-7-6-9(4-3-5-13)8(2)11(14)10(7)12/h6,14H,3-4H2,1-2H3. The van der Waals surface area contributed by atoms with Crippen molar-refractivity contribution in [1.29, 1.82) is 5.26 Å². The molecule has 1 aromatic rings. The van der Waals surface area contributed by atoms with Crippen LogP contribution in [0.1, 0.15) is 23.1 Å². The maximum absolute atomic E-state index is 9.74. The van der Waals surface area contributed by atoms with Crippen molar-refractivity contribution in [3.63, 3.8) is 0 Å². The minimum absolute atomic E-state index is 0.290.